The smallest absolute Gasteiger partial charge is 0.265 e. The second kappa shape index (κ2) is 8.32. The highest BCUT2D eigenvalue weighted by Crippen LogP contribution is 2.36. The fourth-order valence-corrected chi connectivity index (χ4v) is 3.52. The van der Waals surface area contributed by atoms with Crippen molar-refractivity contribution in [3.63, 3.8) is 0 Å². The Bertz CT molecular complexity index is 925. The molecule has 1 amide bonds. The second-order valence-electron chi connectivity index (χ2n) is 5.59. The van der Waals surface area contributed by atoms with Gasteiger partial charge in [-0.15, -0.1) is 11.3 Å². The average molecular weight is 362 g/mol. The SMILES string of the molecule is CCOc1cc(-c2ccccc2)sc1C(=O)NCc1ccc(C#N)cc1. The molecule has 0 bridgehead atoms. The van der Waals surface area contributed by atoms with E-state index in [1.165, 1.54) is 11.3 Å². The van der Waals surface area contributed by atoms with Crippen LogP contribution < -0.4 is 10.1 Å². The topological polar surface area (TPSA) is 62.1 Å². The van der Waals surface area contributed by atoms with Gasteiger partial charge in [0.2, 0.25) is 0 Å². The minimum absolute atomic E-state index is 0.162. The first kappa shape index (κ1) is 17.7. The van der Waals surface area contributed by atoms with Gasteiger partial charge in [-0.05, 0) is 36.2 Å². The first-order valence-corrected chi connectivity index (χ1v) is 9.12. The van der Waals surface area contributed by atoms with Crippen LogP contribution in [-0.4, -0.2) is 12.5 Å². The van der Waals surface area contributed by atoms with Gasteiger partial charge in [0.25, 0.3) is 5.91 Å². The largest absolute Gasteiger partial charge is 0.492 e. The van der Waals surface area contributed by atoms with Crippen molar-refractivity contribution in [1.29, 1.82) is 5.26 Å². The number of hydrogen-bond acceptors (Lipinski definition) is 4. The minimum atomic E-state index is -0.162. The van der Waals surface area contributed by atoms with E-state index in [0.717, 1.165) is 16.0 Å². The molecule has 4 nitrogen and oxygen atoms in total. The van der Waals surface area contributed by atoms with Crippen molar-refractivity contribution in [3.05, 3.63) is 76.7 Å². The van der Waals surface area contributed by atoms with Gasteiger partial charge >= 0.3 is 0 Å². The Morgan fingerprint density at radius 1 is 1.15 bits per heavy atom. The Morgan fingerprint density at radius 3 is 2.54 bits per heavy atom. The normalized spacial score (nSPS) is 10.2. The van der Waals surface area contributed by atoms with E-state index < -0.39 is 0 Å². The number of hydrogen-bond donors (Lipinski definition) is 1. The van der Waals surface area contributed by atoms with Gasteiger partial charge in [-0.2, -0.15) is 5.26 Å². The summed E-state index contributed by atoms with van der Waals surface area (Å²) >= 11 is 1.42. The lowest BCUT2D eigenvalue weighted by atomic mass is 10.1. The van der Waals surface area contributed by atoms with Crippen molar-refractivity contribution >= 4 is 17.2 Å². The zero-order valence-electron chi connectivity index (χ0n) is 14.4. The summed E-state index contributed by atoms with van der Waals surface area (Å²) in [6.45, 7) is 2.80. The number of amides is 1. The zero-order valence-corrected chi connectivity index (χ0v) is 15.2. The van der Waals surface area contributed by atoms with Gasteiger partial charge in [-0.3, -0.25) is 4.79 Å². The number of nitrogens with one attached hydrogen (secondary N) is 1. The van der Waals surface area contributed by atoms with Crippen molar-refractivity contribution in [2.75, 3.05) is 6.61 Å². The molecule has 0 fully saturated rings. The maximum Gasteiger partial charge on any atom is 0.265 e. The Balaban J connectivity index is 1.77. The van der Waals surface area contributed by atoms with E-state index in [-0.39, 0.29) is 5.91 Å². The summed E-state index contributed by atoms with van der Waals surface area (Å²) in [6.07, 6.45) is 0. The van der Waals surface area contributed by atoms with Crippen molar-refractivity contribution in [1.82, 2.24) is 5.32 Å². The first-order valence-electron chi connectivity index (χ1n) is 8.30. The Hall–Kier alpha value is -3.10. The van der Waals surface area contributed by atoms with Crippen LogP contribution in [0.25, 0.3) is 10.4 Å². The van der Waals surface area contributed by atoms with Crippen LogP contribution in [0.4, 0.5) is 0 Å². The third kappa shape index (κ3) is 4.11. The fraction of sp³-hybridized carbons (Fsp3) is 0.143. The molecule has 1 N–H and O–H groups in total. The molecule has 2 aromatic carbocycles. The standard InChI is InChI=1S/C21H18N2O2S/c1-2-25-18-12-19(17-6-4-3-5-7-17)26-20(18)21(24)23-14-16-10-8-15(13-22)9-11-16/h3-12H,2,14H2,1H3,(H,23,24). The van der Waals surface area contributed by atoms with Crippen LogP contribution >= 0.6 is 11.3 Å². The summed E-state index contributed by atoms with van der Waals surface area (Å²) in [4.78, 5) is 14.2. The van der Waals surface area contributed by atoms with Gasteiger partial charge in [0, 0.05) is 11.4 Å². The van der Waals surface area contributed by atoms with Crippen LogP contribution in [0.15, 0.2) is 60.7 Å². The summed E-state index contributed by atoms with van der Waals surface area (Å²) in [5.41, 5.74) is 2.60. The van der Waals surface area contributed by atoms with Crippen LogP contribution in [0.2, 0.25) is 0 Å². The van der Waals surface area contributed by atoms with Crippen LogP contribution in [0, 0.1) is 11.3 Å². The summed E-state index contributed by atoms with van der Waals surface area (Å²) < 4.78 is 5.66. The maximum absolute atomic E-state index is 12.6. The number of nitriles is 1. The van der Waals surface area contributed by atoms with Gasteiger partial charge in [-0.25, -0.2) is 0 Å². The van der Waals surface area contributed by atoms with Crippen LogP contribution in [0.1, 0.15) is 27.7 Å². The summed E-state index contributed by atoms with van der Waals surface area (Å²) in [5, 5.41) is 11.8. The van der Waals surface area contributed by atoms with Gasteiger partial charge in [0.05, 0.1) is 18.2 Å². The lowest BCUT2D eigenvalue weighted by Crippen LogP contribution is -2.22. The number of thiophene rings is 1. The molecule has 0 aliphatic heterocycles. The van der Waals surface area contributed by atoms with E-state index in [2.05, 4.69) is 11.4 Å². The Kier molecular flexibility index (Phi) is 5.67. The number of nitrogens with zero attached hydrogens (tertiary/aromatic N) is 1. The quantitative estimate of drug-likeness (QED) is 0.696. The Morgan fingerprint density at radius 2 is 1.88 bits per heavy atom. The Labute approximate surface area is 156 Å². The molecule has 0 saturated heterocycles. The molecule has 0 aliphatic rings. The summed E-state index contributed by atoms with van der Waals surface area (Å²) in [5.74, 6) is 0.443. The predicted molar refractivity (Wildman–Crippen MR) is 103 cm³/mol. The molecule has 3 rings (SSSR count). The molecule has 3 aromatic rings. The first-order chi connectivity index (χ1) is 12.7. The van der Waals surface area contributed by atoms with E-state index in [4.69, 9.17) is 10.00 Å². The molecular weight excluding hydrogens is 344 g/mol. The number of benzene rings is 2. The molecule has 0 radical (unpaired) electrons. The van der Waals surface area contributed by atoms with E-state index in [1.807, 2.05) is 55.5 Å². The van der Waals surface area contributed by atoms with Crippen molar-refractivity contribution in [3.8, 4) is 22.3 Å². The number of carbonyl (C=O) groups is 1. The number of rotatable bonds is 6. The zero-order chi connectivity index (χ0) is 18.4. The third-order valence-electron chi connectivity index (χ3n) is 3.80. The predicted octanol–water partition coefficient (Wildman–Crippen LogP) is 4.62. The van der Waals surface area contributed by atoms with Crippen LogP contribution in [-0.2, 0) is 6.54 Å². The lowest BCUT2D eigenvalue weighted by Gasteiger charge is -2.06. The second-order valence-corrected chi connectivity index (χ2v) is 6.65. The fourth-order valence-electron chi connectivity index (χ4n) is 2.50. The third-order valence-corrected chi connectivity index (χ3v) is 4.96. The molecule has 1 heterocycles. The molecule has 0 atom stereocenters. The molecule has 0 aliphatic carbocycles. The molecule has 1 aromatic heterocycles. The van der Waals surface area contributed by atoms with Crippen LogP contribution in [0.3, 0.4) is 0 Å². The van der Waals surface area contributed by atoms with Crippen LogP contribution in [0.5, 0.6) is 5.75 Å². The van der Waals surface area contributed by atoms with Gasteiger partial charge in [0.15, 0.2) is 0 Å². The molecule has 0 saturated carbocycles. The van der Waals surface area contributed by atoms with E-state index in [9.17, 15) is 4.79 Å². The molecule has 26 heavy (non-hydrogen) atoms. The minimum Gasteiger partial charge on any atom is -0.492 e. The molecular formula is C21H18N2O2S. The maximum atomic E-state index is 12.6. The summed E-state index contributed by atoms with van der Waals surface area (Å²) in [6, 6.07) is 21.1. The van der Waals surface area contributed by atoms with Gasteiger partial charge in [0.1, 0.15) is 10.6 Å². The highest BCUT2D eigenvalue weighted by molar-refractivity contribution is 7.17. The highest BCUT2D eigenvalue weighted by Gasteiger charge is 2.18. The van der Waals surface area contributed by atoms with Crippen molar-refractivity contribution < 1.29 is 9.53 Å². The number of ether oxygens (including phenoxy) is 1. The highest BCUT2D eigenvalue weighted by atomic mass is 32.1. The monoisotopic (exact) mass is 362 g/mol. The van der Waals surface area contributed by atoms with E-state index in [1.54, 1.807) is 12.1 Å². The lowest BCUT2D eigenvalue weighted by molar-refractivity contribution is 0.0951. The molecule has 130 valence electrons. The van der Waals surface area contributed by atoms with Gasteiger partial charge in [-0.1, -0.05) is 42.5 Å². The number of carbonyl (C=O) groups excluding carboxylic acids is 1. The summed E-state index contributed by atoms with van der Waals surface area (Å²) in [7, 11) is 0. The average Bonchev–Trinajstić information content (AvgIpc) is 3.11. The van der Waals surface area contributed by atoms with Crippen molar-refractivity contribution in [2.45, 2.75) is 13.5 Å². The van der Waals surface area contributed by atoms with Crippen molar-refractivity contribution in [2.24, 2.45) is 0 Å². The van der Waals surface area contributed by atoms with Gasteiger partial charge < -0.3 is 10.1 Å². The molecule has 5 heteroatoms. The molecule has 0 unspecified atom stereocenters. The molecule has 0 spiro atoms. The van der Waals surface area contributed by atoms with E-state index >= 15 is 0 Å². The van der Waals surface area contributed by atoms with E-state index in [0.29, 0.717) is 29.3 Å².